The number of rotatable bonds is 8. The number of amides is 2. The van der Waals surface area contributed by atoms with E-state index in [4.69, 9.17) is 4.74 Å². The summed E-state index contributed by atoms with van der Waals surface area (Å²) in [7, 11) is 0. The summed E-state index contributed by atoms with van der Waals surface area (Å²) in [6.07, 6.45) is 2.43. The fourth-order valence-electron chi connectivity index (χ4n) is 5.26. The maximum absolute atomic E-state index is 13.2. The minimum Gasteiger partial charge on any atom is -0.481 e. The third-order valence-corrected chi connectivity index (χ3v) is 7.13. The van der Waals surface area contributed by atoms with Crippen LogP contribution in [0, 0.1) is 11.8 Å². The molecular formula is C28H32N2O5. The predicted octanol–water partition coefficient (Wildman–Crippen LogP) is 4.43. The summed E-state index contributed by atoms with van der Waals surface area (Å²) >= 11 is 0. The molecule has 0 aromatic heterocycles. The van der Waals surface area contributed by atoms with Gasteiger partial charge in [0.25, 0.3) is 0 Å². The monoisotopic (exact) mass is 476 g/mol. The molecule has 1 saturated heterocycles. The molecule has 0 radical (unpaired) electrons. The summed E-state index contributed by atoms with van der Waals surface area (Å²) in [5.41, 5.74) is 4.54. The number of carboxylic acid groups (broad SMARTS) is 1. The predicted molar refractivity (Wildman–Crippen MR) is 133 cm³/mol. The number of nitrogens with one attached hydrogen (secondary N) is 1. The zero-order chi connectivity index (χ0) is 24.9. The van der Waals surface area contributed by atoms with E-state index in [1.807, 2.05) is 31.2 Å². The van der Waals surface area contributed by atoms with Gasteiger partial charge in [0.2, 0.25) is 5.91 Å². The maximum Gasteiger partial charge on any atom is 0.407 e. The van der Waals surface area contributed by atoms with Crippen LogP contribution in [0.5, 0.6) is 0 Å². The van der Waals surface area contributed by atoms with Crippen LogP contribution < -0.4 is 5.32 Å². The summed E-state index contributed by atoms with van der Waals surface area (Å²) in [4.78, 5) is 39.1. The van der Waals surface area contributed by atoms with Crippen LogP contribution in [0.2, 0.25) is 0 Å². The number of allylic oxidation sites excluding steroid dienone is 1. The summed E-state index contributed by atoms with van der Waals surface area (Å²) in [5, 5.41) is 12.1. The van der Waals surface area contributed by atoms with Gasteiger partial charge in [-0.2, -0.15) is 0 Å². The number of piperidine rings is 1. The number of carbonyl (C=O) groups is 3. The second-order valence-electron chi connectivity index (χ2n) is 9.38. The van der Waals surface area contributed by atoms with Gasteiger partial charge in [-0.3, -0.25) is 9.59 Å². The van der Waals surface area contributed by atoms with Crippen LogP contribution >= 0.6 is 0 Å². The van der Waals surface area contributed by atoms with Gasteiger partial charge in [0.05, 0.1) is 5.92 Å². The van der Waals surface area contributed by atoms with Crippen LogP contribution in [0.25, 0.3) is 11.1 Å². The number of carboxylic acids is 1. The Morgan fingerprint density at radius 3 is 2.34 bits per heavy atom. The molecule has 184 valence electrons. The largest absolute Gasteiger partial charge is 0.481 e. The van der Waals surface area contributed by atoms with Crippen LogP contribution in [0.15, 0.2) is 61.2 Å². The highest BCUT2D eigenvalue weighted by atomic mass is 16.5. The molecule has 2 N–H and O–H groups in total. The van der Waals surface area contributed by atoms with E-state index in [-0.39, 0.29) is 24.3 Å². The summed E-state index contributed by atoms with van der Waals surface area (Å²) in [5.74, 6) is -1.72. The van der Waals surface area contributed by atoms with E-state index < -0.39 is 24.0 Å². The first-order valence-corrected chi connectivity index (χ1v) is 12.1. The number of nitrogens with zero attached hydrogens (tertiary/aromatic N) is 1. The Bertz CT molecular complexity index is 1070. The molecule has 2 aromatic rings. The molecule has 7 heteroatoms. The van der Waals surface area contributed by atoms with E-state index in [0.717, 1.165) is 22.3 Å². The Labute approximate surface area is 205 Å². The lowest BCUT2D eigenvalue weighted by molar-refractivity contribution is -0.148. The van der Waals surface area contributed by atoms with Crippen molar-refractivity contribution in [3.63, 3.8) is 0 Å². The van der Waals surface area contributed by atoms with Crippen molar-refractivity contribution in [1.29, 1.82) is 0 Å². The minimum atomic E-state index is -0.829. The van der Waals surface area contributed by atoms with E-state index in [0.29, 0.717) is 32.4 Å². The quantitative estimate of drug-likeness (QED) is 0.550. The molecule has 2 aliphatic rings. The Hall–Kier alpha value is -3.61. The van der Waals surface area contributed by atoms with Crippen molar-refractivity contribution >= 4 is 18.0 Å². The molecule has 7 nitrogen and oxygen atoms in total. The average Bonchev–Trinajstić information content (AvgIpc) is 3.18. The van der Waals surface area contributed by atoms with Crippen LogP contribution in [0.4, 0.5) is 4.79 Å². The third-order valence-electron chi connectivity index (χ3n) is 7.13. The number of aliphatic carboxylic acids is 1. The van der Waals surface area contributed by atoms with Gasteiger partial charge < -0.3 is 20.1 Å². The molecule has 35 heavy (non-hydrogen) atoms. The van der Waals surface area contributed by atoms with Gasteiger partial charge in [-0.25, -0.2) is 4.79 Å². The van der Waals surface area contributed by atoms with E-state index in [1.54, 1.807) is 11.0 Å². The number of likely N-dealkylation sites (tertiary alicyclic amines) is 1. The van der Waals surface area contributed by atoms with E-state index in [9.17, 15) is 19.5 Å². The topological polar surface area (TPSA) is 95.9 Å². The van der Waals surface area contributed by atoms with Crippen molar-refractivity contribution in [2.24, 2.45) is 11.8 Å². The molecular weight excluding hydrogens is 444 g/mol. The average molecular weight is 477 g/mol. The standard InChI is InChI=1S/C28H32N2O5/c1-3-4-13-25(26(31)30-15-14-19(27(32)33)18(2)16-30)29-28(34)35-17-24-22-11-7-5-9-20(22)21-10-6-8-12-23(21)24/h3,5-12,18-19,24-25H,1,4,13-17H2,2H3,(H,29,34)(H,32,33). The van der Waals surface area contributed by atoms with Crippen LogP contribution in [0.3, 0.4) is 0 Å². The number of hydrogen-bond donors (Lipinski definition) is 2. The van der Waals surface area contributed by atoms with E-state index >= 15 is 0 Å². The van der Waals surface area contributed by atoms with Gasteiger partial charge in [0.15, 0.2) is 0 Å². The van der Waals surface area contributed by atoms with Crippen LogP contribution in [-0.4, -0.2) is 53.7 Å². The number of benzene rings is 2. The smallest absolute Gasteiger partial charge is 0.407 e. The van der Waals surface area contributed by atoms with Crippen molar-refractivity contribution < 1.29 is 24.2 Å². The molecule has 0 spiro atoms. The van der Waals surface area contributed by atoms with Gasteiger partial charge in [0, 0.05) is 19.0 Å². The van der Waals surface area contributed by atoms with Crippen molar-refractivity contribution in [1.82, 2.24) is 10.2 Å². The molecule has 2 amide bonds. The molecule has 3 atom stereocenters. The highest BCUT2D eigenvalue weighted by Crippen LogP contribution is 2.44. The first-order valence-electron chi connectivity index (χ1n) is 12.1. The van der Waals surface area contributed by atoms with Gasteiger partial charge in [-0.15, -0.1) is 6.58 Å². The summed E-state index contributed by atoms with van der Waals surface area (Å²) < 4.78 is 5.63. The molecule has 3 unspecified atom stereocenters. The zero-order valence-electron chi connectivity index (χ0n) is 20.0. The number of fused-ring (bicyclic) bond motifs is 3. The maximum atomic E-state index is 13.2. The normalized spacial score (nSPS) is 19.9. The fraction of sp³-hybridized carbons (Fsp3) is 0.393. The van der Waals surface area contributed by atoms with Crippen molar-refractivity contribution in [3.8, 4) is 11.1 Å². The third kappa shape index (κ3) is 5.24. The molecule has 4 rings (SSSR count). The van der Waals surface area contributed by atoms with E-state index in [1.165, 1.54) is 0 Å². The van der Waals surface area contributed by atoms with Crippen molar-refractivity contribution in [2.45, 2.75) is 38.1 Å². The van der Waals surface area contributed by atoms with Crippen LogP contribution in [0.1, 0.15) is 43.2 Å². The first-order chi connectivity index (χ1) is 16.9. The second-order valence-corrected chi connectivity index (χ2v) is 9.38. The first kappa shape index (κ1) is 24.5. The van der Waals surface area contributed by atoms with Gasteiger partial charge in [-0.1, -0.05) is 61.5 Å². The lowest BCUT2D eigenvalue weighted by atomic mass is 9.86. The minimum absolute atomic E-state index is 0.0635. The fourth-order valence-corrected chi connectivity index (χ4v) is 5.26. The Morgan fingerprint density at radius 2 is 1.77 bits per heavy atom. The lowest BCUT2D eigenvalue weighted by Crippen LogP contribution is -2.53. The number of carbonyl (C=O) groups excluding carboxylic acids is 2. The number of hydrogen-bond acceptors (Lipinski definition) is 4. The Kier molecular flexibility index (Phi) is 7.54. The molecule has 1 fully saturated rings. The lowest BCUT2D eigenvalue weighted by Gasteiger charge is -2.36. The Morgan fingerprint density at radius 1 is 1.14 bits per heavy atom. The zero-order valence-corrected chi connectivity index (χ0v) is 20.0. The molecule has 0 saturated carbocycles. The SMILES string of the molecule is C=CCCC(NC(=O)OCC1c2ccccc2-c2ccccc21)C(=O)N1CCC(C(=O)O)C(C)C1. The van der Waals surface area contributed by atoms with Gasteiger partial charge in [0.1, 0.15) is 12.6 Å². The van der Waals surface area contributed by atoms with Gasteiger partial charge >= 0.3 is 12.1 Å². The number of ether oxygens (including phenoxy) is 1. The van der Waals surface area contributed by atoms with Crippen molar-refractivity contribution in [2.75, 3.05) is 19.7 Å². The molecule has 2 aromatic carbocycles. The second kappa shape index (κ2) is 10.8. The highest BCUT2D eigenvalue weighted by molar-refractivity contribution is 5.86. The molecule has 1 heterocycles. The number of alkyl carbamates (subject to hydrolysis) is 1. The molecule has 0 bridgehead atoms. The Balaban J connectivity index is 1.40. The van der Waals surface area contributed by atoms with E-state index in [2.05, 4.69) is 36.2 Å². The molecule has 1 aliphatic carbocycles. The van der Waals surface area contributed by atoms with Crippen LogP contribution in [-0.2, 0) is 14.3 Å². The summed E-state index contributed by atoms with van der Waals surface area (Å²) in [6.45, 7) is 6.45. The van der Waals surface area contributed by atoms with Gasteiger partial charge in [-0.05, 0) is 47.4 Å². The van der Waals surface area contributed by atoms with Crippen molar-refractivity contribution in [3.05, 3.63) is 72.3 Å². The highest BCUT2D eigenvalue weighted by Gasteiger charge is 2.36. The summed E-state index contributed by atoms with van der Waals surface area (Å²) in [6, 6.07) is 15.5. The molecule has 1 aliphatic heterocycles.